The molecule has 1 N–H and O–H groups in total. The summed E-state index contributed by atoms with van der Waals surface area (Å²) in [6.07, 6.45) is -0.521. The topological polar surface area (TPSA) is 74.6 Å². The number of halogens is 5. The van der Waals surface area contributed by atoms with E-state index in [4.69, 9.17) is 14.6 Å². The number of rotatable bonds is 9. The molecule has 2 fully saturated rings. The van der Waals surface area contributed by atoms with Crippen LogP contribution in [-0.4, -0.2) is 59.3 Å². The third kappa shape index (κ3) is 7.20. The van der Waals surface area contributed by atoms with Crippen LogP contribution in [0.4, 0.5) is 27.6 Å². The van der Waals surface area contributed by atoms with E-state index in [2.05, 4.69) is 5.10 Å². The molecule has 0 spiro atoms. The smallest absolute Gasteiger partial charge is 0.431 e. The third-order valence-electron chi connectivity index (χ3n) is 7.78. The number of hydrogen-bond donors (Lipinski definition) is 1. The highest BCUT2D eigenvalue weighted by Gasteiger charge is 2.43. The Morgan fingerprint density at radius 2 is 1.59 bits per heavy atom. The summed E-state index contributed by atoms with van der Waals surface area (Å²) in [5.41, 5.74) is -0.141. The number of anilines is 1. The molecule has 0 unspecified atom stereocenters. The average Bonchev–Trinajstić information content (AvgIpc) is 3.57. The van der Waals surface area contributed by atoms with Gasteiger partial charge in [0.2, 0.25) is 0 Å². The van der Waals surface area contributed by atoms with E-state index in [1.54, 1.807) is 35.2 Å². The van der Waals surface area contributed by atoms with Crippen LogP contribution in [0.1, 0.15) is 56.9 Å². The summed E-state index contributed by atoms with van der Waals surface area (Å²) in [5.74, 6) is -2.11. The average molecular weight is 582 g/mol. The predicted octanol–water partition coefficient (Wildman–Crippen LogP) is 6.30. The molecule has 1 aliphatic carbocycles. The minimum atomic E-state index is -4.61. The Labute approximate surface area is 234 Å². The maximum Gasteiger partial charge on any atom is 0.431 e. The quantitative estimate of drug-likeness (QED) is 0.351. The van der Waals surface area contributed by atoms with Crippen LogP contribution in [0.15, 0.2) is 41.5 Å². The van der Waals surface area contributed by atoms with E-state index in [-0.39, 0.29) is 24.4 Å². The Hall–Kier alpha value is -3.57. The summed E-state index contributed by atoms with van der Waals surface area (Å²) in [6.45, 7) is 0.957. The molecule has 5 rings (SSSR count). The minimum absolute atomic E-state index is 0.0296. The van der Waals surface area contributed by atoms with E-state index >= 15 is 0 Å². The van der Waals surface area contributed by atoms with E-state index in [0.717, 1.165) is 31.7 Å². The number of benzene rings is 2. The first-order valence-electron chi connectivity index (χ1n) is 13.8. The summed E-state index contributed by atoms with van der Waals surface area (Å²) < 4.78 is 80.4. The van der Waals surface area contributed by atoms with Crippen molar-refractivity contribution in [1.82, 2.24) is 5.01 Å². The van der Waals surface area contributed by atoms with Gasteiger partial charge in [0.15, 0.2) is 11.6 Å². The Bertz CT molecular complexity index is 1260. The maximum atomic E-state index is 14.7. The number of carbonyl (C=O) groups is 1. The molecule has 7 nitrogen and oxygen atoms in total. The van der Waals surface area contributed by atoms with Gasteiger partial charge in [-0.3, -0.25) is 9.80 Å². The van der Waals surface area contributed by atoms with Gasteiger partial charge in [-0.25, -0.2) is 8.78 Å². The third-order valence-corrected chi connectivity index (χ3v) is 7.78. The Balaban J connectivity index is 1.16. The van der Waals surface area contributed by atoms with Crippen LogP contribution in [0, 0.1) is 11.6 Å². The Kier molecular flexibility index (Phi) is 8.55. The molecule has 12 heteroatoms. The second-order valence-corrected chi connectivity index (χ2v) is 10.8. The van der Waals surface area contributed by atoms with Gasteiger partial charge in [0.05, 0.1) is 30.8 Å². The lowest BCUT2D eigenvalue weighted by Crippen LogP contribution is -2.38. The molecule has 222 valence electrons. The van der Waals surface area contributed by atoms with Crippen LogP contribution in [0.3, 0.4) is 0 Å². The van der Waals surface area contributed by atoms with Gasteiger partial charge < -0.3 is 19.5 Å². The van der Waals surface area contributed by atoms with Crippen LogP contribution < -0.4 is 14.4 Å². The van der Waals surface area contributed by atoms with E-state index in [1.807, 2.05) is 0 Å². The molecular formula is C29H32F5N3O4. The lowest BCUT2D eigenvalue weighted by Gasteiger charge is -2.34. The van der Waals surface area contributed by atoms with Crippen LogP contribution >= 0.6 is 0 Å². The van der Waals surface area contributed by atoms with Gasteiger partial charge >= 0.3 is 12.1 Å². The number of carboxylic acid groups (broad SMARTS) is 1. The predicted molar refractivity (Wildman–Crippen MR) is 141 cm³/mol. The highest BCUT2D eigenvalue weighted by atomic mass is 19.4. The molecule has 0 radical (unpaired) electrons. The van der Waals surface area contributed by atoms with Gasteiger partial charge in [0.25, 0.3) is 0 Å². The standard InChI is InChI=1S/C29H32F5N3O4/c30-24-15-23(41-20-3-1-2-4-20)16-25(28(24)31)36-11-9-22(10-12-36)40-21-7-5-18(6-8-21)17-37-19(14-27(38)39)13-26(35-37)29(32,33)34/h5-8,15-16,19-20,22H,1-4,9-14,17H2,(H,38,39)/t19-/m0/s1. The van der Waals surface area contributed by atoms with Gasteiger partial charge in [0.1, 0.15) is 23.3 Å². The minimum Gasteiger partial charge on any atom is -0.490 e. The van der Waals surface area contributed by atoms with Crippen molar-refractivity contribution in [1.29, 1.82) is 0 Å². The molecule has 2 aromatic carbocycles. The summed E-state index contributed by atoms with van der Waals surface area (Å²) in [4.78, 5) is 12.9. The SMILES string of the molecule is O=C(O)C[C@@H]1CC(C(F)(F)F)=NN1Cc1ccc(OC2CCN(c3cc(OC4CCCC4)cc(F)c3F)CC2)cc1. The van der Waals surface area contributed by atoms with Crippen molar-refractivity contribution >= 4 is 17.4 Å². The normalized spacial score (nSPS) is 20.4. The van der Waals surface area contributed by atoms with Crippen molar-refractivity contribution in [3.05, 3.63) is 53.6 Å². The molecule has 0 bridgehead atoms. The van der Waals surface area contributed by atoms with Gasteiger partial charge in [-0.05, 0) is 43.4 Å². The zero-order valence-electron chi connectivity index (χ0n) is 22.4. The molecule has 3 aliphatic rings. The summed E-state index contributed by atoms with van der Waals surface area (Å²) in [5, 5.41) is 13.9. The first kappa shape index (κ1) is 28.9. The van der Waals surface area contributed by atoms with Gasteiger partial charge in [-0.1, -0.05) is 12.1 Å². The van der Waals surface area contributed by atoms with Crippen LogP contribution in [0.2, 0.25) is 0 Å². The van der Waals surface area contributed by atoms with Crippen molar-refractivity contribution in [2.45, 2.75) is 82.3 Å². The Morgan fingerprint density at radius 3 is 2.22 bits per heavy atom. The second-order valence-electron chi connectivity index (χ2n) is 10.8. The number of ether oxygens (including phenoxy) is 2. The van der Waals surface area contributed by atoms with Crippen molar-refractivity contribution in [2.24, 2.45) is 5.10 Å². The summed E-state index contributed by atoms with van der Waals surface area (Å²) >= 11 is 0. The number of carboxylic acids is 1. The maximum absolute atomic E-state index is 14.7. The van der Waals surface area contributed by atoms with Crippen LogP contribution in [0.5, 0.6) is 11.5 Å². The first-order chi connectivity index (χ1) is 19.5. The fourth-order valence-electron chi connectivity index (χ4n) is 5.64. The van der Waals surface area contributed by atoms with E-state index in [1.165, 1.54) is 5.01 Å². The molecule has 1 saturated carbocycles. The molecule has 2 aromatic rings. The van der Waals surface area contributed by atoms with E-state index in [0.29, 0.717) is 43.0 Å². The molecule has 0 aromatic heterocycles. The second kappa shape index (κ2) is 12.1. The number of hydrazone groups is 1. The molecular weight excluding hydrogens is 549 g/mol. The highest BCUT2D eigenvalue weighted by Crippen LogP contribution is 2.34. The van der Waals surface area contributed by atoms with E-state index < -0.39 is 48.4 Å². The van der Waals surface area contributed by atoms with Crippen LogP contribution in [0.25, 0.3) is 0 Å². The van der Waals surface area contributed by atoms with Gasteiger partial charge in [0, 0.05) is 44.5 Å². The molecule has 0 amide bonds. The summed E-state index contributed by atoms with van der Waals surface area (Å²) in [6, 6.07) is 8.62. The molecule has 2 heterocycles. The Morgan fingerprint density at radius 1 is 0.951 bits per heavy atom. The fraction of sp³-hybridized carbons (Fsp3) is 0.517. The summed E-state index contributed by atoms with van der Waals surface area (Å²) in [7, 11) is 0. The van der Waals surface area contributed by atoms with Crippen molar-refractivity contribution < 1.29 is 41.3 Å². The largest absolute Gasteiger partial charge is 0.490 e. The number of nitrogens with zero attached hydrogens (tertiary/aromatic N) is 3. The van der Waals surface area contributed by atoms with Crippen molar-refractivity contribution in [3.63, 3.8) is 0 Å². The molecule has 1 atom stereocenters. The van der Waals surface area contributed by atoms with E-state index in [9.17, 15) is 26.7 Å². The zero-order valence-corrected chi connectivity index (χ0v) is 22.4. The van der Waals surface area contributed by atoms with Gasteiger partial charge in [-0.15, -0.1) is 0 Å². The molecule has 41 heavy (non-hydrogen) atoms. The number of alkyl halides is 3. The van der Waals surface area contributed by atoms with Crippen molar-refractivity contribution in [2.75, 3.05) is 18.0 Å². The monoisotopic (exact) mass is 581 g/mol. The van der Waals surface area contributed by atoms with Gasteiger partial charge in [-0.2, -0.15) is 18.3 Å². The number of hydrogen-bond acceptors (Lipinski definition) is 6. The lowest BCUT2D eigenvalue weighted by atomic mass is 10.1. The van der Waals surface area contributed by atoms with Crippen molar-refractivity contribution in [3.8, 4) is 11.5 Å². The van der Waals surface area contributed by atoms with Crippen LogP contribution in [-0.2, 0) is 11.3 Å². The lowest BCUT2D eigenvalue weighted by molar-refractivity contribution is -0.138. The molecule has 1 saturated heterocycles. The fourth-order valence-corrected chi connectivity index (χ4v) is 5.64. The molecule has 2 aliphatic heterocycles. The first-order valence-corrected chi connectivity index (χ1v) is 13.8. The number of piperidine rings is 1. The zero-order chi connectivity index (χ0) is 29.1. The number of aliphatic carboxylic acids is 1. The highest BCUT2D eigenvalue weighted by molar-refractivity contribution is 5.91.